The molecule has 0 radical (unpaired) electrons. The van der Waals surface area contributed by atoms with Crippen LogP contribution < -0.4 is 11.1 Å². The smallest absolute Gasteiger partial charge is 0.257 e. The Bertz CT molecular complexity index is 663. The molecule has 2 aromatic carbocycles. The summed E-state index contributed by atoms with van der Waals surface area (Å²) in [6.07, 6.45) is 0. The van der Waals surface area contributed by atoms with Gasteiger partial charge in [-0.25, -0.2) is 0 Å². The number of hydrogen-bond donors (Lipinski definition) is 2. The average Bonchev–Trinajstić information content (AvgIpc) is 2.36. The Kier molecular flexibility index (Phi) is 4.35. The standard InChI is InChI=1S/C15H14BrClN2O/c1-8-6-10(18)7-9(2)14(8)19-15(20)11-4-3-5-12(16)13(11)17/h3-7H,18H2,1-2H3,(H,19,20). The lowest BCUT2D eigenvalue weighted by Gasteiger charge is -2.13. The third kappa shape index (κ3) is 2.97. The third-order valence-electron chi connectivity index (χ3n) is 2.99. The second kappa shape index (κ2) is 5.85. The van der Waals surface area contributed by atoms with E-state index in [1.807, 2.05) is 26.0 Å². The maximum absolute atomic E-state index is 12.3. The zero-order chi connectivity index (χ0) is 14.9. The normalized spacial score (nSPS) is 10.4. The van der Waals surface area contributed by atoms with Gasteiger partial charge in [0.05, 0.1) is 10.6 Å². The van der Waals surface area contributed by atoms with E-state index in [1.54, 1.807) is 18.2 Å². The highest BCUT2D eigenvalue weighted by Gasteiger charge is 2.14. The molecule has 0 saturated heterocycles. The van der Waals surface area contributed by atoms with Gasteiger partial charge in [0.15, 0.2) is 0 Å². The van der Waals surface area contributed by atoms with Crippen LogP contribution in [0.4, 0.5) is 11.4 Å². The van der Waals surface area contributed by atoms with Gasteiger partial charge in [-0.15, -0.1) is 0 Å². The maximum Gasteiger partial charge on any atom is 0.257 e. The fraction of sp³-hybridized carbons (Fsp3) is 0.133. The van der Waals surface area contributed by atoms with Crippen LogP contribution in [0.2, 0.25) is 5.02 Å². The number of aryl methyl sites for hydroxylation is 2. The molecule has 0 heterocycles. The van der Waals surface area contributed by atoms with Crippen LogP contribution >= 0.6 is 27.5 Å². The third-order valence-corrected chi connectivity index (χ3v) is 4.29. The molecule has 0 fully saturated rings. The number of nitrogens with one attached hydrogen (secondary N) is 1. The molecule has 2 aromatic rings. The fourth-order valence-corrected chi connectivity index (χ4v) is 2.63. The minimum atomic E-state index is -0.243. The SMILES string of the molecule is Cc1cc(N)cc(C)c1NC(=O)c1cccc(Br)c1Cl. The van der Waals surface area contributed by atoms with Gasteiger partial charge in [-0.3, -0.25) is 4.79 Å². The molecule has 0 aromatic heterocycles. The summed E-state index contributed by atoms with van der Waals surface area (Å²) in [5.41, 5.74) is 9.48. The first kappa shape index (κ1) is 14.9. The summed E-state index contributed by atoms with van der Waals surface area (Å²) in [4.78, 5) is 12.3. The quantitative estimate of drug-likeness (QED) is 0.778. The highest BCUT2D eigenvalue weighted by atomic mass is 79.9. The molecular formula is C15H14BrClN2O. The molecule has 0 aliphatic heterocycles. The number of nitrogen functional groups attached to an aromatic ring is 1. The highest BCUT2D eigenvalue weighted by molar-refractivity contribution is 9.10. The molecule has 0 aliphatic carbocycles. The van der Waals surface area contributed by atoms with Crippen LogP contribution in [-0.4, -0.2) is 5.91 Å². The van der Waals surface area contributed by atoms with Gasteiger partial charge in [0, 0.05) is 15.8 Å². The second-order valence-electron chi connectivity index (χ2n) is 4.59. The van der Waals surface area contributed by atoms with Crippen LogP contribution in [0, 0.1) is 13.8 Å². The first-order valence-electron chi connectivity index (χ1n) is 6.02. The number of benzene rings is 2. The summed E-state index contributed by atoms with van der Waals surface area (Å²) < 4.78 is 0.692. The molecule has 0 saturated carbocycles. The van der Waals surface area contributed by atoms with Crippen LogP contribution in [-0.2, 0) is 0 Å². The molecule has 1 amide bonds. The number of hydrogen-bond acceptors (Lipinski definition) is 2. The van der Waals surface area contributed by atoms with Crippen molar-refractivity contribution < 1.29 is 4.79 Å². The van der Waals surface area contributed by atoms with Crippen LogP contribution in [0.3, 0.4) is 0 Å². The number of anilines is 2. The molecule has 5 heteroatoms. The Morgan fingerprint density at radius 2 is 1.85 bits per heavy atom. The van der Waals surface area contributed by atoms with E-state index in [0.717, 1.165) is 16.8 Å². The molecule has 0 unspecified atom stereocenters. The molecule has 0 atom stereocenters. The van der Waals surface area contributed by atoms with E-state index in [1.165, 1.54) is 0 Å². The van der Waals surface area contributed by atoms with Crippen molar-refractivity contribution >= 4 is 44.8 Å². The predicted molar refractivity (Wildman–Crippen MR) is 87.4 cm³/mol. The van der Waals surface area contributed by atoms with Crippen molar-refractivity contribution in [3.05, 3.63) is 56.5 Å². The van der Waals surface area contributed by atoms with Gasteiger partial charge in [-0.05, 0) is 65.2 Å². The van der Waals surface area contributed by atoms with E-state index in [-0.39, 0.29) is 5.91 Å². The van der Waals surface area contributed by atoms with Gasteiger partial charge in [-0.2, -0.15) is 0 Å². The summed E-state index contributed by atoms with van der Waals surface area (Å²) >= 11 is 9.44. The van der Waals surface area contributed by atoms with Gasteiger partial charge < -0.3 is 11.1 Å². The number of nitrogens with two attached hydrogens (primary N) is 1. The van der Waals surface area contributed by atoms with E-state index in [4.69, 9.17) is 17.3 Å². The van der Waals surface area contributed by atoms with Crippen LogP contribution in [0.1, 0.15) is 21.5 Å². The van der Waals surface area contributed by atoms with Gasteiger partial charge in [0.25, 0.3) is 5.91 Å². The topological polar surface area (TPSA) is 55.1 Å². The fourth-order valence-electron chi connectivity index (χ4n) is 2.05. The highest BCUT2D eigenvalue weighted by Crippen LogP contribution is 2.28. The summed E-state index contributed by atoms with van der Waals surface area (Å²) in [6.45, 7) is 3.81. The summed E-state index contributed by atoms with van der Waals surface area (Å²) in [7, 11) is 0. The minimum Gasteiger partial charge on any atom is -0.399 e. The van der Waals surface area contributed by atoms with Gasteiger partial charge in [0.1, 0.15) is 0 Å². The molecule has 2 rings (SSSR count). The van der Waals surface area contributed by atoms with E-state index in [0.29, 0.717) is 20.7 Å². The lowest BCUT2D eigenvalue weighted by Crippen LogP contribution is -2.14. The Morgan fingerprint density at radius 1 is 1.25 bits per heavy atom. The largest absolute Gasteiger partial charge is 0.399 e. The molecule has 0 spiro atoms. The van der Waals surface area contributed by atoms with Gasteiger partial charge >= 0.3 is 0 Å². The Balaban J connectivity index is 2.36. The molecule has 3 N–H and O–H groups in total. The van der Waals surface area contributed by atoms with Crippen molar-refractivity contribution in [1.29, 1.82) is 0 Å². The van der Waals surface area contributed by atoms with E-state index in [2.05, 4.69) is 21.2 Å². The van der Waals surface area contributed by atoms with E-state index < -0.39 is 0 Å². The van der Waals surface area contributed by atoms with Crippen molar-refractivity contribution in [1.82, 2.24) is 0 Å². The Labute approximate surface area is 131 Å². The summed E-state index contributed by atoms with van der Waals surface area (Å²) in [5.74, 6) is -0.243. The zero-order valence-corrected chi connectivity index (χ0v) is 13.5. The number of amides is 1. The Hall–Kier alpha value is -1.52. The van der Waals surface area contributed by atoms with Crippen molar-refractivity contribution in [2.75, 3.05) is 11.1 Å². The summed E-state index contributed by atoms with van der Waals surface area (Å²) in [5, 5.41) is 3.29. The maximum atomic E-state index is 12.3. The van der Waals surface area contributed by atoms with Gasteiger partial charge in [-0.1, -0.05) is 17.7 Å². The molecule has 0 aliphatic rings. The van der Waals surface area contributed by atoms with Crippen LogP contribution in [0.5, 0.6) is 0 Å². The number of halogens is 2. The zero-order valence-electron chi connectivity index (χ0n) is 11.1. The average molecular weight is 354 g/mol. The molecule has 20 heavy (non-hydrogen) atoms. The van der Waals surface area contributed by atoms with Crippen molar-refractivity contribution in [3.8, 4) is 0 Å². The predicted octanol–water partition coefficient (Wildman–Crippen LogP) is 4.55. The van der Waals surface area contributed by atoms with Crippen molar-refractivity contribution in [2.24, 2.45) is 0 Å². The monoisotopic (exact) mass is 352 g/mol. The van der Waals surface area contributed by atoms with Crippen molar-refractivity contribution in [2.45, 2.75) is 13.8 Å². The number of carbonyl (C=O) groups excluding carboxylic acids is 1. The molecule has 0 bridgehead atoms. The van der Waals surface area contributed by atoms with E-state index >= 15 is 0 Å². The first-order chi connectivity index (χ1) is 9.40. The lowest BCUT2D eigenvalue weighted by atomic mass is 10.1. The molecule has 3 nitrogen and oxygen atoms in total. The Morgan fingerprint density at radius 3 is 2.45 bits per heavy atom. The molecule has 104 valence electrons. The summed E-state index contributed by atoms with van der Waals surface area (Å²) in [6, 6.07) is 8.90. The first-order valence-corrected chi connectivity index (χ1v) is 7.19. The van der Waals surface area contributed by atoms with Crippen LogP contribution in [0.15, 0.2) is 34.8 Å². The van der Waals surface area contributed by atoms with Crippen LogP contribution in [0.25, 0.3) is 0 Å². The lowest BCUT2D eigenvalue weighted by molar-refractivity contribution is 0.102. The molecular weight excluding hydrogens is 340 g/mol. The second-order valence-corrected chi connectivity index (χ2v) is 5.82. The van der Waals surface area contributed by atoms with E-state index in [9.17, 15) is 4.79 Å². The van der Waals surface area contributed by atoms with Crippen molar-refractivity contribution in [3.63, 3.8) is 0 Å². The van der Waals surface area contributed by atoms with Gasteiger partial charge in [0.2, 0.25) is 0 Å². The minimum absolute atomic E-state index is 0.243. The number of rotatable bonds is 2. The number of carbonyl (C=O) groups is 1.